The van der Waals surface area contributed by atoms with Crippen LogP contribution in [0.15, 0.2) is 18.2 Å². The lowest BCUT2D eigenvalue weighted by atomic mass is 10.1. The summed E-state index contributed by atoms with van der Waals surface area (Å²) >= 11 is 0. The van der Waals surface area contributed by atoms with Crippen molar-refractivity contribution in [2.45, 2.75) is 20.5 Å². The van der Waals surface area contributed by atoms with E-state index in [1.807, 2.05) is 32.0 Å². The molecule has 0 aliphatic rings. The normalized spacial score (nSPS) is 9.95. The Bertz CT molecular complexity index is 650. The first-order chi connectivity index (χ1) is 9.95. The summed E-state index contributed by atoms with van der Waals surface area (Å²) < 4.78 is 1.46. The molecule has 0 unspecified atom stereocenters. The minimum absolute atomic E-state index is 0.0241. The summed E-state index contributed by atoms with van der Waals surface area (Å²) in [4.78, 5) is 11.3. The van der Waals surface area contributed by atoms with Crippen LogP contribution >= 0.6 is 0 Å². The maximum atomic E-state index is 11.3. The van der Waals surface area contributed by atoms with Crippen LogP contribution < -0.4 is 11.5 Å². The van der Waals surface area contributed by atoms with E-state index in [0.717, 1.165) is 23.9 Å². The van der Waals surface area contributed by atoms with Crippen LogP contribution in [0.3, 0.4) is 0 Å². The molecule has 0 radical (unpaired) electrons. The molecule has 1 aromatic carbocycles. The molecule has 2 aromatic rings. The molecule has 1 aromatic heterocycles. The zero-order valence-corrected chi connectivity index (χ0v) is 12.3. The minimum Gasteiger partial charge on any atom is -0.400 e. The third-order valence-corrected chi connectivity index (χ3v) is 2.99. The second-order valence-corrected chi connectivity index (χ2v) is 4.43. The van der Waals surface area contributed by atoms with Gasteiger partial charge in [-0.15, -0.1) is 0 Å². The van der Waals surface area contributed by atoms with Gasteiger partial charge in [-0.25, -0.2) is 4.68 Å². The van der Waals surface area contributed by atoms with Gasteiger partial charge in [-0.1, -0.05) is 17.7 Å². The number of aliphatic hydroxyl groups is 2. The topological polar surface area (TPSA) is 127 Å². The Balaban J connectivity index is 0.00000106. The molecule has 114 valence electrons. The lowest BCUT2D eigenvalue weighted by Crippen LogP contribution is -2.14. The highest BCUT2D eigenvalue weighted by Gasteiger charge is 2.20. The maximum Gasteiger partial charge on any atom is 0.271 e. The molecule has 1 heterocycles. The van der Waals surface area contributed by atoms with Gasteiger partial charge in [0.25, 0.3) is 5.91 Å². The van der Waals surface area contributed by atoms with E-state index in [1.54, 1.807) is 0 Å². The van der Waals surface area contributed by atoms with E-state index in [0.29, 0.717) is 5.69 Å². The molecule has 6 N–H and O–H groups in total. The van der Waals surface area contributed by atoms with Crippen molar-refractivity contribution in [3.05, 3.63) is 40.7 Å². The molecular formula is C14H20N4O3. The molecular weight excluding hydrogens is 272 g/mol. The molecule has 0 fully saturated rings. The summed E-state index contributed by atoms with van der Waals surface area (Å²) in [5, 5.41) is 20.5. The number of anilines is 1. The molecule has 0 atom stereocenters. The first-order valence-electron chi connectivity index (χ1n) is 6.26. The fourth-order valence-electron chi connectivity index (χ4n) is 2.04. The number of rotatable bonds is 3. The highest BCUT2D eigenvalue weighted by atomic mass is 16.3. The monoisotopic (exact) mass is 292 g/mol. The third kappa shape index (κ3) is 3.21. The fourth-order valence-corrected chi connectivity index (χ4v) is 2.04. The Morgan fingerprint density at radius 2 is 1.95 bits per heavy atom. The molecule has 1 amide bonds. The van der Waals surface area contributed by atoms with Crippen LogP contribution in [0.1, 0.15) is 27.3 Å². The number of hydrogen-bond acceptors (Lipinski definition) is 5. The first kappa shape index (κ1) is 16.7. The van der Waals surface area contributed by atoms with Crippen LogP contribution in [0.25, 0.3) is 5.69 Å². The summed E-state index contributed by atoms with van der Waals surface area (Å²) in [5.74, 6) is -0.712. The van der Waals surface area contributed by atoms with Crippen LogP contribution in [0.2, 0.25) is 0 Å². The molecule has 0 saturated carbocycles. The summed E-state index contributed by atoms with van der Waals surface area (Å²) in [5.41, 5.74) is 14.3. The Morgan fingerprint density at radius 1 is 1.33 bits per heavy atom. The van der Waals surface area contributed by atoms with Crippen LogP contribution in [0, 0.1) is 13.8 Å². The van der Waals surface area contributed by atoms with Crippen molar-refractivity contribution in [2.24, 2.45) is 5.73 Å². The maximum absolute atomic E-state index is 11.3. The Morgan fingerprint density at radius 3 is 2.43 bits per heavy atom. The number of aliphatic hydroxyl groups excluding tert-OH is 2. The van der Waals surface area contributed by atoms with Gasteiger partial charge in [0, 0.05) is 7.11 Å². The summed E-state index contributed by atoms with van der Waals surface area (Å²) in [6.07, 6.45) is 0. The minimum atomic E-state index is -0.712. The van der Waals surface area contributed by atoms with Crippen molar-refractivity contribution in [2.75, 3.05) is 12.8 Å². The van der Waals surface area contributed by atoms with E-state index in [2.05, 4.69) is 5.10 Å². The second-order valence-electron chi connectivity index (χ2n) is 4.43. The number of nitrogen functional groups attached to an aromatic ring is 1. The summed E-state index contributed by atoms with van der Waals surface area (Å²) in [7, 11) is 1.00. The van der Waals surface area contributed by atoms with Crippen LogP contribution in [0.4, 0.5) is 5.69 Å². The second kappa shape index (κ2) is 6.87. The highest BCUT2D eigenvalue weighted by molar-refractivity contribution is 5.96. The van der Waals surface area contributed by atoms with Crippen molar-refractivity contribution < 1.29 is 15.0 Å². The quantitative estimate of drug-likeness (QED) is 0.645. The van der Waals surface area contributed by atoms with Gasteiger partial charge >= 0.3 is 0 Å². The van der Waals surface area contributed by atoms with E-state index in [-0.39, 0.29) is 18.0 Å². The van der Waals surface area contributed by atoms with E-state index in [4.69, 9.17) is 16.6 Å². The molecule has 0 spiro atoms. The van der Waals surface area contributed by atoms with Gasteiger partial charge in [0.1, 0.15) is 0 Å². The predicted octanol–water partition coefficient (Wildman–Crippen LogP) is 0.271. The number of benzene rings is 1. The Hall–Kier alpha value is -2.38. The standard InChI is InChI=1S/C13H16N4O2.CH4O/c1-7-3-4-9(8(2)5-7)17-10(6-18)11(14)12(16-17)13(15)19;1-2/h3-5,18H,6,14H2,1-2H3,(H2,15,19);2H,1H3. The molecule has 0 saturated heterocycles. The average Bonchev–Trinajstić information content (AvgIpc) is 2.78. The number of nitrogens with zero attached hydrogens (tertiary/aromatic N) is 2. The SMILES string of the molecule is CO.Cc1ccc(-n2nc(C(N)=O)c(N)c2CO)c(C)c1. The van der Waals surface area contributed by atoms with E-state index in [9.17, 15) is 9.90 Å². The Kier molecular flexibility index (Phi) is 5.45. The Labute approximate surface area is 122 Å². The highest BCUT2D eigenvalue weighted by Crippen LogP contribution is 2.23. The van der Waals surface area contributed by atoms with Crippen molar-refractivity contribution in [3.63, 3.8) is 0 Å². The van der Waals surface area contributed by atoms with Gasteiger partial charge in [0.15, 0.2) is 5.69 Å². The number of amides is 1. The van der Waals surface area contributed by atoms with Gasteiger partial charge in [0.2, 0.25) is 0 Å². The number of aromatic nitrogens is 2. The smallest absolute Gasteiger partial charge is 0.271 e. The number of carbonyl (C=O) groups excluding carboxylic acids is 1. The van der Waals surface area contributed by atoms with Gasteiger partial charge < -0.3 is 21.7 Å². The molecule has 0 aliphatic heterocycles. The van der Waals surface area contributed by atoms with Gasteiger partial charge in [-0.05, 0) is 25.5 Å². The summed E-state index contributed by atoms with van der Waals surface area (Å²) in [6.45, 7) is 3.58. The number of primary amides is 1. The lowest BCUT2D eigenvalue weighted by molar-refractivity contribution is 0.0996. The fraction of sp³-hybridized carbons (Fsp3) is 0.286. The number of carbonyl (C=O) groups is 1. The zero-order valence-electron chi connectivity index (χ0n) is 12.3. The molecule has 2 rings (SSSR count). The summed E-state index contributed by atoms with van der Waals surface area (Å²) in [6, 6.07) is 5.77. The molecule has 0 bridgehead atoms. The van der Waals surface area contributed by atoms with E-state index in [1.165, 1.54) is 4.68 Å². The molecule has 21 heavy (non-hydrogen) atoms. The van der Waals surface area contributed by atoms with Crippen LogP contribution in [0.5, 0.6) is 0 Å². The molecule has 7 nitrogen and oxygen atoms in total. The van der Waals surface area contributed by atoms with E-state index >= 15 is 0 Å². The van der Waals surface area contributed by atoms with Gasteiger partial charge in [-0.2, -0.15) is 5.10 Å². The largest absolute Gasteiger partial charge is 0.400 e. The molecule has 0 aliphatic carbocycles. The van der Waals surface area contributed by atoms with E-state index < -0.39 is 5.91 Å². The first-order valence-corrected chi connectivity index (χ1v) is 6.26. The lowest BCUT2D eigenvalue weighted by Gasteiger charge is -2.09. The average molecular weight is 292 g/mol. The van der Waals surface area contributed by atoms with Crippen molar-refractivity contribution in [3.8, 4) is 5.69 Å². The van der Waals surface area contributed by atoms with Gasteiger partial charge in [0.05, 0.1) is 23.7 Å². The number of aryl methyl sites for hydroxylation is 2. The van der Waals surface area contributed by atoms with Crippen molar-refractivity contribution in [1.29, 1.82) is 0 Å². The van der Waals surface area contributed by atoms with Crippen molar-refractivity contribution >= 4 is 11.6 Å². The van der Waals surface area contributed by atoms with Crippen LogP contribution in [-0.2, 0) is 6.61 Å². The number of hydrogen-bond donors (Lipinski definition) is 4. The molecule has 7 heteroatoms. The van der Waals surface area contributed by atoms with Crippen molar-refractivity contribution in [1.82, 2.24) is 9.78 Å². The predicted molar refractivity (Wildman–Crippen MR) is 80.0 cm³/mol. The zero-order chi connectivity index (χ0) is 16.2. The number of nitrogens with two attached hydrogens (primary N) is 2. The van der Waals surface area contributed by atoms with Crippen LogP contribution in [-0.4, -0.2) is 33.0 Å². The van der Waals surface area contributed by atoms with Gasteiger partial charge in [-0.3, -0.25) is 4.79 Å². The third-order valence-electron chi connectivity index (χ3n) is 2.99.